The summed E-state index contributed by atoms with van der Waals surface area (Å²) < 4.78 is 15.1. The van der Waals surface area contributed by atoms with E-state index in [1.807, 2.05) is 37.6 Å². The molecule has 96 valence electrons. The Morgan fingerprint density at radius 1 is 1.17 bits per heavy atom. The molecule has 2 rings (SSSR count). The predicted octanol–water partition coefficient (Wildman–Crippen LogP) is 3.25. The fourth-order valence-corrected chi connectivity index (χ4v) is 2.01. The summed E-state index contributed by atoms with van der Waals surface area (Å²) >= 11 is 0. The average Bonchev–Trinajstić information content (AvgIpc) is 2.64. The van der Waals surface area contributed by atoms with Gasteiger partial charge in [-0.3, -0.25) is 4.68 Å². The minimum atomic E-state index is -0.350. The van der Waals surface area contributed by atoms with E-state index in [4.69, 9.17) is 0 Å². The van der Waals surface area contributed by atoms with Gasteiger partial charge in [-0.2, -0.15) is 0 Å². The third-order valence-corrected chi connectivity index (χ3v) is 3.05. The fraction of sp³-hybridized carbons (Fsp3) is 0.286. The van der Waals surface area contributed by atoms with Crippen molar-refractivity contribution in [2.45, 2.75) is 26.8 Å². The molecular weight excluding hydrogens is 231 g/mol. The SMILES string of the molecule is Cc1ccc(C)n1NC(C)c1cc(F)ccc1O. The molecule has 1 unspecified atom stereocenters. The maximum atomic E-state index is 13.2. The van der Waals surface area contributed by atoms with Crippen LogP contribution in [-0.2, 0) is 0 Å². The summed E-state index contributed by atoms with van der Waals surface area (Å²) in [6.45, 7) is 5.85. The topological polar surface area (TPSA) is 37.2 Å². The first-order valence-corrected chi connectivity index (χ1v) is 5.89. The molecule has 1 aromatic heterocycles. The Morgan fingerprint density at radius 2 is 1.78 bits per heavy atom. The van der Waals surface area contributed by atoms with Crippen LogP contribution in [0.25, 0.3) is 0 Å². The number of phenols is 1. The van der Waals surface area contributed by atoms with Gasteiger partial charge in [0.15, 0.2) is 0 Å². The van der Waals surface area contributed by atoms with E-state index in [1.165, 1.54) is 18.2 Å². The zero-order valence-corrected chi connectivity index (χ0v) is 10.7. The van der Waals surface area contributed by atoms with E-state index in [9.17, 15) is 9.50 Å². The van der Waals surface area contributed by atoms with Crippen molar-refractivity contribution in [3.63, 3.8) is 0 Å². The van der Waals surface area contributed by atoms with Crippen LogP contribution in [0.4, 0.5) is 4.39 Å². The molecule has 0 aliphatic rings. The van der Waals surface area contributed by atoms with E-state index in [0.717, 1.165) is 11.4 Å². The van der Waals surface area contributed by atoms with Crippen LogP contribution in [-0.4, -0.2) is 9.78 Å². The van der Waals surface area contributed by atoms with Crippen molar-refractivity contribution < 1.29 is 9.50 Å². The number of benzene rings is 1. The first-order valence-electron chi connectivity index (χ1n) is 5.89. The highest BCUT2D eigenvalue weighted by atomic mass is 19.1. The van der Waals surface area contributed by atoms with Crippen LogP contribution >= 0.6 is 0 Å². The summed E-state index contributed by atoms with van der Waals surface area (Å²) in [5.41, 5.74) is 5.91. The fourth-order valence-electron chi connectivity index (χ4n) is 2.01. The molecule has 2 aromatic rings. The van der Waals surface area contributed by atoms with Gasteiger partial charge in [0.25, 0.3) is 0 Å². The van der Waals surface area contributed by atoms with Crippen molar-refractivity contribution >= 4 is 0 Å². The summed E-state index contributed by atoms with van der Waals surface area (Å²) in [5, 5.41) is 9.76. The van der Waals surface area contributed by atoms with Gasteiger partial charge >= 0.3 is 0 Å². The second-order valence-electron chi connectivity index (χ2n) is 4.51. The van der Waals surface area contributed by atoms with Gasteiger partial charge < -0.3 is 10.5 Å². The molecule has 0 spiro atoms. The van der Waals surface area contributed by atoms with Crippen molar-refractivity contribution in [2.75, 3.05) is 5.43 Å². The van der Waals surface area contributed by atoms with Gasteiger partial charge in [0.2, 0.25) is 0 Å². The summed E-state index contributed by atoms with van der Waals surface area (Å²) in [4.78, 5) is 0. The molecule has 1 aromatic carbocycles. The van der Waals surface area contributed by atoms with Crippen molar-refractivity contribution in [3.05, 3.63) is 53.1 Å². The lowest BCUT2D eigenvalue weighted by molar-refractivity contribution is 0.460. The second-order valence-corrected chi connectivity index (χ2v) is 4.51. The Kier molecular flexibility index (Phi) is 3.28. The van der Waals surface area contributed by atoms with Gasteiger partial charge in [-0.05, 0) is 51.1 Å². The van der Waals surface area contributed by atoms with Crippen LogP contribution in [0.1, 0.15) is 29.9 Å². The molecule has 0 aliphatic heterocycles. The van der Waals surface area contributed by atoms with E-state index >= 15 is 0 Å². The highest BCUT2D eigenvalue weighted by Gasteiger charge is 2.12. The lowest BCUT2D eigenvalue weighted by Crippen LogP contribution is -2.21. The monoisotopic (exact) mass is 248 g/mol. The number of phenolic OH excluding ortho intramolecular Hbond substituents is 1. The summed E-state index contributed by atoms with van der Waals surface area (Å²) in [7, 11) is 0. The van der Waals surface area contributed by atoms with Crippen LogP contribution < -0.4 is 5.43 Å². The lowest BCUT2D eigenvalue weighted by atomic mass is 10.1. The molecule has 1 atom stereocenters. The Hall–Kier alpha value is -1.97. The third-order valence-electron chi connectivity index (χ3n) is 3.05. The molecule has 3 nitrogen and oxygen atoms in total. The van der Waals surface area contributed by atoms with Crippen molar-refractivity contribution in [1.82, 2.24) is 4.68 Å². The number of nitrogens with one attached hydrogen (secondary N) is 1. The van der Waals surface area contributed by atoms with E-state index in [2.05, 4.69) is 5.43 Å². The van der Waals surface area contributed by atoms with Crippen LogP contribution in [0.5, 0.6) is 5.75 Å². The average molecular weight is 248 g/mol. The molecule has 2 N–H and O–H groups in total. The van der Waals surface area contributed by atoms with Crippen LogP contribution in [0.15, 0.2) is 30.3 Å². The first kappa shape index (κ1) is 12.5. The van der Waals surface area contributed by atoms with E-state index in [0.29, 0.717) is 5.56 Å². The van der Waals surface area contributed by atoms with Gasteiger partial charge in [0.05, 0.1) is 6.04 Å². The number of halogens is 1. The second kappa shape index (κ2) is 4.72. The highest BCUT2D eigenvalue weighted by Crippen LogP contribution is 2.25. The molecule has 0 radical (unpaired) electrons. The van der Waals surface area contributed by atoms with E-state index < -0.39 is 0 Å². The molecule has 0 bridgehead atoms. The number of nitrogens with zero attached hydrogens (tertiary/aromatic N) is 1. The molecule has 4 heteroatoms. The normalized spacial score (nSPS) is 12.4. The lowest BCUT2D eigenvalue weighted by Gasteiger charge is -2.20. The Labute approximate surface area is 106 Å². The largest absolute Gasteiger partial charge is 0.508 e. The molecule has 0 aliphatic carbocycles. The maximum Gasteiger partial charge on any atom is 0.123 e. The Morgan fingerprint density at radius 3 is 2.39 bits per heavy atom. The molecule has 18 heavy (non-hydrogen) atoms. The summed E-state index contributed by atoms with van der Waals surface area (Å²) in [6, 6.07) is 7.78. The number of aromatic hydroxyl groups is 1. The van der Waals surface area contributed by atoms with Crippen molar-refractivity contribution in [1.29, 1.82) is 0 Å². The minimum Gasteiger partial charge on any atom is -0.508 e. The molecule has 0 saturated heterocycles. The predicted molar refractivity (Wildman–Crippen MR) is 69.7 cm³/mol. The number of aryl methyl sites for hydroxylation is 2. The molecular formula is C14H17FN2O. The van der Waals surface area contributed by atoms with Gasteiger partial charge in [-0.25, -0.2) is 4.39 Å². The zero-order chi connectivity index (χ0) is 13.3. The standard InChI is InChI=1S/C14H17FN2O/c1-9-4-5-10(2)17(9)16-11(3)13-8-12(15)6-7-14(13)18/h4-8,11,16,18H,1-3H3. The minimum absolute atomic E-state index is 0.0962. The smallest absolute Gasteiger partial charge is 0.123 e. The Balaban J connectivity index is 2.27. The van der Waals surface area contributed by atoms with E-state index in [1.54, 1.807) is 0 Å². The van der Waals surface area contributed by atoms with Gasteiger partial charge in [-0.15, -0.1) is 0 Å². The number of hydrogen-bond donors (Lipinski definition) is 2. The third kappa shape index (κ3) is 2.32. The first-order chi connectivity index (χ1) is 8.49. The quantitative estimate of drug-likeness (QED) is 0.874. The summed E-state index contributed by atoms with van der Waals surface area (Å²) in [5.74, 6) is -0.253. The molecule has 0 fully saturated rings. The molecule has 1 heterocycles. The number of hydrogen-bond acceptors (Lipinski definition) is 2. The number of rotatable bonds is 3. The van der Waals surface area contributed by atoms with Gasteiger partial charge in [0, 0.05) is 17.0 Å². The molecule has 0 saturated carbocycles. The highest BCUT2D eigenvalue weighted by molar-refractivity contribution is 5.36. The zero-order valence-electron chi connectivity index (χ0n) is 10.7. The van der Waals surface area contributed by atoms with Crippen LogP contribution in [0.2, 0.25) is 0 Å². The summed E-state index contributed by atoms with van der Waals surface area (Å²) in [6.07, 6.45) is 0. The van der Waals surface area contributed by atoms with Gasteiger partial charge in [0.1, 0.15) is 11.6 Å². The van der Waals surface area contributed by atoms with E-state index in [-0.39, 0.29) is 17.6 Å². The van der Waals surface area contributed by atoms with Crippen LogP contribution in [0.3, 0.4) is 0 Å². The maximum absolute atomic E-state index is 13.2. The molecule has 0 amide bonds. The van der Waals surface area contributed by atoms with Crippen molar-refractivity contribution in [3.8, 4) is 5.75 Å². The number of aromatic nitrogens is 1. The van der Waals surface area contributed by atoms with Gasteiger partial charge in [-0.1, -0.05) is 0 Å². The Bertz CT molecular complexity index is 543. The van der Waals surface area contributed by atoms with Crippen molar-refractivity contribution in [2.24, 2.45) is 0 Å². The van der Waals surface area contributed by atoms with Crippen LogP contribution in [0, 0.1) is 19.7 Å².